The Morgan fingerprint density at radius 1 is 0.964 bits per heavy atom. The van der Waals surface area contributed by atoms with Gasteiger partial charge in [0, 0.05) is 11.8 Å². The molecule has 0 spiro atoms. The molecule has 2 unspecified atom stereocenters. The van der Waals surface area contributed by atoms with Gasteiger partial charge in [-0.2, -0.15) is 17.2 Å². The molecular formula is C17H14F4O6S. The van der Waals surface area contributed by atoms with Crippen molar-refractivity contribution in [3.8, 4) is 5.75 Å². The first-order valence-corrected chi connectivity index (χ1v) is 9.98. The molecule has 152 valence electrons. The molecule has 1 aromatic carbocycles. The quantitative estimate of drug-likeness (QED) is 0.265. The van der Waals surface area contributed by atoms with Gasteiger partial charge in [0.15, 0.2) is 16.5 Å². The van der Waals surface area contributed by atoms with Crippen molar-refractivity contribution in [2.45, 2.75) is 37.0 Å². The molecule has 1 aromatic rings. The summed E-state index contributed by atoms with van der Waals surface area (Å²) in [6, 6.07) is 0. The van der Waals surface area contributed by atoms with E-state index in [9.17, 15) is 35.6 Å². The van der Waals surface area contributed by atoms with Crippen molar-refractivity contribution < 1.29 is 44.9 Å². The van der Waals surface area contributed by atoms with Crippen LogP contribution in [-0.4, -0.2) is 24.7 Å². The number of rotatable bonds is 3. The average molecular weight is 422 g/mol. The molecule has 4 bridgehead atoms. The summed E-state index contributed by atoms with van der Waals surface area (Å²) in [6.45, 7) is 0. The number of hydrogen-bond acceptors (Lipinski definition) is 5. The summed E-state index contributed by atoms with van der Waals surface area (Å²) in [7, 11) is -5.61. The summed E-state index contributed by atoms with van der Waals surface area (Å²) in [6.07, 6.45) is 1.85. The van der Waals surface area contributed by atoms with E-state index in [2.05, 4.69) is 4.74 Å². The maximum Gasteiger partial charge on any atom is 0.317 e. The average Bonchev–Trinajstić information content (AvgIpc) is 2.59. The van der Waals surface area contributed by atoms with Gasteiger partial charge in [-0.1, -0.05) is 0 Å². The van der Waals surface area contributed by atoms with Gasteiger partial charge in [-0.05, 0) is 38.0 Å². The Hall–Kier alpha value is -2.01. The Bertz CT molecular complexity index is 974. The van der Waals surface area contributed by atoms with Crippen molar-refractivity contribution >= 4 is 21.9 Å². The predicted octanol–water partition coefficient (Wildman–Crippen LogP) is 2.79. The number of carbonyl (C=O) groups excluding carboxylic acids is 2. The maximum atomic E-state index is 14.1. The summed E-state index contributed by atoms with van der Waals surface area (Å²) in [5.41, 5.74) is -1.18. The smallest absolute Gasteiger partial charge is 0.317 e. The third-order valence-electron chi connectivity index (χ3n) is 6.06. The minimum atomic E-state index is -5.61. The summed E-state index contributed by atoms with van der Waals surface area (Å²) in [5, 5.41) is 0. The van der Waals surface area contributed by atoms with Crippen LogP contribution in [0.3, 0.4) is 0 Å². The summed E-state index contributed by atoms with van der Waals surface area (Å²) in [4.78, 5) is 22.7. The Morgan fingerprint density at radius 2 is 1.46 bits per heavy atom. The fraction of sp³-hybridized carbons (Fsp3) is 0.529. The summed E-state index contributed by atoms with van der Waals surface area (Å²) in [5.74, 6) is -12.7. The molecule has 2 atom stereocenters. The van der Waals surface area contributed by atoms with Crippen LogP contribution in [0.4, 0.5) is 17.6 Å². The standard InChI is InChI=1S/C17H14F4O6S/c18-9-11(20)15(28(24,25)26)12(21)10(19)14(9)27-16(23)17-3-6-1-7(4-17)13(22)8(2-6)5-17/h6-8H,1-5H2,(H,24,25,26). The second kappa shape index (κ2) is 5.99. The lowest BCUT2D eigenvalue weighted by Gasteiger charge is -2.53. The molecule has 4 fully saturated rings. The molecule has 6 nitrogen and oxygen atoms in total. The zero-order valence-corrected chi connectivity index (χ0v) is 15.0. The molecular weight excluding hydrogens is 408 g/mol. The van der Waals surface area contributed by atoms with Crippen LogP contribution >= 0.6 is 0 Å². The van der Waals surface area contributed by atoms with Crippen molar-refractivity contribution in [3.05, 3.63) is 23.3 Å². The monoisotopic (exact) mass is 422 g/mol. The third-order valence-corrected chi connectivity index (χ3v) is 6.94. The number of esters is 1. The van der Waals surface area contributed by atoms with E-state index in [1.54, 1.807) is 0 Å². The van der Waals surface area contributed by atoms with Crippen molar-refractivity contribution in [2.75, 3.05) is 0 Å². The first kappa shape index (κ1) is 19.3. The minimum absolute atomic E-state index is 0.0475. The van der Waals surface area contributed by atoms with Gasteiger partial charge in [0.1, 0.15) is 5.78 Å². The zero-order valence-electron chi connectivity index (χ0n) is 14.2. The number of hydrogen-bond donors (Lipinski definition) is 1. The van der Waals surface area contributed by atoms with E-state index in [0.717, 1.165) is 0 Å². The first-order valence-electron chi connectivity index (χ1n) is 8.54. The Balaban J connectivity index is 1.71. The van der Waals surface area contributed by atoms with Gasteiger partial charge in [-0.25, -0.2) is 8.78 Å². The van der Waals surface area contributed by atoms with E-state index in [4.69, 9.17) is 4.55 Å². The Kier molecular flexibility index (Phi) is 4.13. The molecule has 0 radical (unpaired) electrons. The lowest BCUT2D eigenvalue weighted by atomic mass is 9.49. The number of halogens is 4. The second-order valence-corrected chi connectivity index (χ2v) is 9.16. The first-order chi connectivity index (χ1) is 12.9. The summed E-state index contributed by atoms with van der Waals surface area (Å²) < 4.78 is 91.5. The largest absolute Gasteiger partial charge is 0.420 e. The van der Waals surface area contributed by atoms with E-state index in [0.29, 0.717) is 19.3 Å². The van der Waals surface area contributed by atoms with E-state index < -0.39 is 55.4 Å². The molecule has 4 saturated carbocycles. The third kappa shape index (κ3) is 2.66. The number of carbonyl (C=O) groups is 2. The van der Waals surface area contributed by atoms with Gasteiger partial charge in [-0.15, -0.1) is 0 Å². The molecule has 0 saturated heterocycles. The summed E-state index contributed by atoms with van der Waals surface area (Å²) >= 11 is 0. The van der Waals surface area contributed by atoms with Crippen LogP contribution in [0.2, 0.25) is 0 Å². The van der Waals surface area contributed by atoms with Gasteiger partial charge in [-0.3, -0.25) is 14.1 Å². The van der Waals surface area contributed by atoms with Crippen LogP contribution in [-0.2, 0) is 19.7 Å². The van der Waals surface area contributed by atoms with Crippen LogP contribution in [0.15, 0.2) is 4.90 Å². The lowest BCUT2D eigenvalue weighted by Crippen LogP contribution is -2.55. The highest BCUT2D eigenvalue weighted by Crippen LogP contribution is 2.59. The fourth-order valence-corrected chi connectivity index (χ4v) is 5.74. The van der Waals surface area contributed by atoms with Crippen LogP contribution < -0.4 is 4.74 Å². The molecule has 1 N–H and O–H groups in total. The number of benzene rings is 1. The highest BCUT2D eigenvalue weighted by atomic mass is 32.2. The van der Waals surface area contributed by atoms with Crippen LogP contribution in [0.25, 0.3) is 0 Å². The maximum absolute atomic E-state index is 14.1. The van der Waals surface area contributed by atoms with E-state index in [-0.39, 0.29) is 36.4 Å². The number of ketones is 1. The Morgan fingerprint density at radius 3 is 1.93 bits per heavy atom. The van der Waals surface area contributed by atoms with Gasteiger partial charge in [0.2, 0.25) is 17.4 Å². The lowest BCUT2D eigenvalue weighted by molar-refractivity contribution is -0.167. The normalized spacial score (nSPS) is 31.3. The SMILES string of the molecule is O=C1C2CC3CC1CC(C(=O)Oc1c(F)c(F)c(S(=O)(=O)O)c(F)c1F)(C3)C2. The van der Waals surface area contributed by atoms with Crippen molar-refractivity contribution in [1.29, 1.82) is 0 Å². The van der Waals surface area contributed by atoms with Crippen LogP contribution in [0.5, 0.6) is 5.75 Å². The Labute approximate surface area is 156 Å². The second-order valence-electron chi connectivity index (χ2n) is 7.81. The van der Waals surface area contributed by atoms with Gasteiger partial charge >= 0.3 is 16.1 Å². The number of Topliss-reactive ketones (excluding diaryl/α,β-unsaturated/α-hetero) is 1. The molecule has 0 amide bonds. The van der Waals surface area contributed by atoms with Crippen LogP contribution in [0.1, 0.15) is 32.1 Å². The zero-order chi connectivity index (χ0) is 20.6. The van der Waals surface area contributed by atoms with E-state index in [1.165, 1.54) is 0 Å². The molecule has 28 heavy (non-hydrogen) atoms. The topological polar surface area (TPSA) is 97.7 Å². The van der Waals surface area contributed by atoms with E-state index >= 15 is 0 Å². The highest BCUT2D eigenvalue weighted by molar-refractivity contribution is 7.85. The van der Waals surface area contributed by atoms with Crippen molar-refractivity contribution in [3.63, 3.8) is 0 Å². The molecule has 4 aliphatic carbocycles. The van der Waals surface area contributed by atoms with Gasteiger partial charge in [0.25, 0.3) is 0 Å². The molecule has 5 rings (SSSR count). The fourth-order valence-electron chi connectivity index (χ4n) is 5.11. The highest BCUT2D eigenvalue weighted by Gasteiger charge is 2.59. The van der Waals surface area contributed by atoms with Crippen LogP contribution in [0, 0.1) is 46.4 Å². The number of ether oxygens (including phenoxy) is 1. The predicted molar refractivity (Wildman–Crippen MR) is 82.7 cm³/mol. The minimum Gasteiger partial charge on any atom is -0.420 e. The molecule has 4 aliphatic rings. The van der Waals surface area contributed by atoms with Crippen molar-refractivity contribution in [1.82, 2.24) is 0 Å². The molecule has 0 heterocycles. The molecule has 0 aromatic heterocycles. The van der Waals surface area contributed by atoms with E-state index in [1.807, 2.05) is 0 Å². The molecule has 11 heteroatoms. The molecule has 0 aliphatic heterocycles. The van der Waals surface area contributed by atoms with Gasteiger partial charge < -0.3 is 4.74 Å². The van der Waals surface area contributed by atoms with Crippen molar-refractivity contribution in [2.24, 2.45) is 23.2 Å². The van der Waals surface area contributed by atoms with Gasteiger partial charge in [0.05, 0.1) is 5.41 Å².